The van der Waals surface area contributed by atoms with Crippen LogP contribution in [-0.2, 0) is 16.1 Å². The Balaban J connectivity index is 1.51. The van der Waals surface area contributed by atoms with Crippen LogP contribution < -0.4 is 5.32 Å². The van der Waals surface area contributed by atoms with Crippen molar-refractivity contribution in [1.82, 2.24) is 14.8 Å². The normalized spacial score (nSPS) is 15.1. The Bertz CT molecular complexity index is 1430. The van der Waals surface area contributed by atoms with Crippen molar-refractivity contribution in [2.45, 2.75) is 6.54 Å². The van der Waals surface area contributed by atoms with Gasteiger partial charge in [-0.2, -0.15) is 0 Å². The molecule has 0 radical (unpaired) electrons. The van der Waals surface area contributed by atoms with E-state index < -0.39 is 24.5 Å². The third kappa shape index (κ3) is 3.50. The lowest BCUT2D eigenvalue weighted by Crippen LogP contribution is -2.35. The second-order valence-corrected chi connectivity index (χ2v) is 7.68. The zero-order chi connectivity index (χ0) is 22.2. The van der Waals surface area contributed by atoms with Crippen molar-refractivity contribution in [1.29, 1.82) is 0 Å². The summed E-state index contributed by atoms with van der Waals surface area (Å²) in [5.41, 5.74) is 2.96. The third-order valence-electron chi connectivity index (χ3n) is 5.54. The third-order valence-corrected chi connectivity index (χ3v) is 5.54. The largest absolute Gasteiger partial charge is 0.480 e. The number of nitrogens with zero attached hydrogens (tertiary/aromatic N) is 2. The highest BCUT2D eigenvalue weighted by Gasteiger charge is 2.35. The van der Waals surface area contributed by atoms with Crippen LogP contribution in [0, 0.1) is 0 Å². The summed E-state index contributed by atoms with van der Waals surface area (Å²) in [7, 11) is 0. The molecule has 32 heavy (non-hydrogen) atoms. The molecule has 1 aliphatic heterocycles. The van der Waals surface area contributed by atoms with E-state index in [1.807, 2.05) is 42.6 Å². The van der Waals surface area contributed by atoms with E-state index in [9.17, 15) is 14.4 Å². The number of nitrogens with one attached hydrogen (secondary N) is 1. The molecule has 0 spiro atoms. The average Bonchev–Trinajstić information content (AvgIpc) is 3.25. The summed E-state index contributed by atoms with van der Waals surface area (Å²) in [6, 6.07) is 21.6. The summed E-state index contributed by atoms with van der Waals surface area (Å²) in [6.07, 6.45) is 3.54. The van der Waals surface area contributed by atoms with E-state index in [1.54, 1.807) is 6.08 Å². The van der Waals surface area contributed by atoms with Crippen molar-refractivity contribution < 1.29 is 19.5 Å². The lowest BCUT2D eigenvalue weighted by Gasteiger charge is -2.07. The first kappa shape index (κ1) is 19.6. The molecule has 1 aliphatic rings. The molecule has 4 aromatic rings. The summed E-state index contributed by atoms with van der Waals surface area (Å²) < 4.78 is 2.10. The molecule has 3 aromatic carbocycles. The van der Waals surface area contributed by atoms with Crippen LogP contribution in [0.3, 0.4) is 0 Å². The summed E-state index contributed by atoms with van der Waals surface area (Å²) >= 11 is 0. The Morgan fingerprint density at radius 1 is 0.969 bits per heavy atom. The Morgan fingerprint density at radius 3 is 2.53 bits per heavy atom. The number of amides is 3. The fraction of sp³-hybridized carbons (Fsp3) is 0.0800. The van der Waals surface area contributed by atoms with Crippen molar-refractivity contribution in [2.24, 2.45) is 0 Å². The zero-order valence-corrected chi connectivity index (χ0v) is 17.0. The molecule has 0 unspecified atom stereocenters. The maximum atomic E-state index is 12.5. The lowest BCUT2D eigenvalue weighted by atomic mass is 10.1. The van der Waals surface area contributed by atoms with Gasteiger partial charge in [0.2, 0.25) is 0 Å². The lowest BCUT2D eigenvalue weighted by molar-refractivity contribution is -0.140. The molecule has 7 heteroatoms. The van der Waals surface area contributed by atoms with E-state index in [2.05, 4.69) is 40.2 Å². The first-order valence-electron chi connectivity index (χ1n) is 10.1. The number of rotatable bonds is 5. The second kappa shape index (κ2) is 7.70. The van der Waals surface area contributed by atoms with Crippen LogP contribution in [0.25, 0.3) is 27.8 Å². The molecule has 1 fully saturated rings. The second-order valence-electron chi connectivity index (χ2n) is 7.68. The van der Waals surface area contributed by atoms with Gasteiger partial charge in [-0.15, -0.1) is 0 Å². The van der Waals surface area contributed by atoms with Crippen molar-refractivity contribution in [3.05, 3.63) is 89.8 Å². The van der Waals surface area contributed by atoms with Gasteiger partial charge in [0.25, 0.3) is 5.91 Å². The van der Waals surface area contributed by atoms with Gasteiger partial charge in [0, 0.05) is 29.2 Å². The molecule has 1 aromatic heterocycles. The van der Waals surface area contributed by atoms with Crippen molar-refractivity contribution in [3.8, 4) is 0 Å². The van der Waals surface area contributed by atoms with Gasteiger partial charge < -0.3 is 15.0 Å². The van der Waals surface area contributed by atoms with E-state index in [1.165, 1.54) is 10.8 Å². The SMILES string of the molecule is O=C(O)CN1C(=O)N/C(=C/c2cn(Cc3ccc4ccccc4c3)c3ccccc23)C1=O. The summed E-state index contributed by atoms with van der Waals surface area (Å²) in [5.74, 6) is -1.90. The minimum absolute atomic E-state index is 0.0601. The Labute approximate surface area is 183 Å². The zero-order valence-electron chi connectivity index (χ0n) is 17.0. The molecule has 5 rings (SSSR count). The summed E-state index contributed by atoms with van der Waals surface area (Å²) in [6.45, 7) is -0.0360. The number of aromatic nitrogens is 1. The number of fused-ring (bicyclic) bond motifs is 2. The van der Waals surface area contributed by atoms with E-state index in [-0.39, 0.29) is 5.70 Å². The Kier molecular flexibility index (Phi) is 4.71. The molecule has 1 saturated heterocycles. The van der Waals surface area contributed by atoms with Gasteiger partial charge in [0.05, 0.1) is 0 Å². The standard InChI is InChI=1S/C25H19N3O4/c29-23(30)15-28-24(31)21(26-25(28)32)12-19-14-27(22-8-4-3-7-20(19)22)13-16-9-10-17-5-1-2-6-18(17)11-16/h1-12,14H,13,15H2,(H,26,32)(H,29,30)/b21-12+. The molecule has 0 bridgehead atoms. The van der Waals surface area contributed by atoms with E-state index in [4.69, 9.17) is 5.11 Å². The number of hydrogen-bond donors (Lipinski definition) is 2. The highest BCUT2D eigenvalue weighted by Crippen LogP contribution is 2.26. The Morgan fingerprint density at radius 2 is 1.72 bits per heavy atom. The highest BCUT2D eigenvalue weighted by atomic mass is 16.4. The van der Waals surface area contributed by atoms with Crippen molar-refractivity contribution >= 4 is 45.7 Å². The summed E-state index contributed by atoms with van der Waals surface area (Å²) in [4.78, 5) is 36.2. The van der Waals surface area contributed by atoms with Crippen LogP contribution in [0.4, 0.5) is 4.79 Å². The predicted molar refractivity (Wildman–Crippen MR) is 121 cm³/mol. The van der Waals surface area contributed by atoms with Gasteiger partial charge in [-0.3, -0.25) is 9.59 Å². The van der Waals surface area contributed by atoms with E-state index in [0.29, 0.717) is 11.4 Å². The van der Waals surface area contributed by atoms with Crippen molar-refractivity contribution in [2.75, 3.05) is 6.54 Å². The molecular formula is C25H19N3O4. The first-order valence-corrected chi connectivity index (χ1v) is 10.1. The molecule has 158 valence electrons. The number of carboxylic acids is 1. The minimum atomic E-state index is -1.25. The smallest absolute Gasteiger partial charge is 0.329 e. The highest BCUT2D eigenvalue weighted by molar-refractivity contribution is 6.15. The molecule has 0 atom stereocenters. The molecule has 2 N–H and O–H groups in total. The fourth-order valence-electron chi connectivity index (χ4n) is 4.06. The number of aliphatic carboxylic acids is 1. The first-order chi connectivity index (χ1) is 15.5. The van der Waals surface area contributed by atoms with E-state index in [0.717, 1.165) is 22.0 Å². The molecule has 0 saturated carbocycles. The molecule has 3 amide bonds. The number of para-hydroxylation sites is 1. The van der Waals surface area contributed by atoms with Gasteiger partial charge >= 0.3 is 12.0 Å². The van der Waals surface area contributed by atoms with Gasteiger partial charge in [-0.25, -0.2) is 9.69 Å². The molecule has 0 aliphatic carbocycles. The fourth-order valence-corrected chi connectivity index (χ4v) is 4.06. The molecular weight excluding hydrogens is 406 g/mol. The predicted octanol–water partition coefficient (Wildman–Crippen LogP) is 3.82. The maximum Gasteiger partial charge on any atom is 0.329 e. The van der Waals surface area contributed by atoms with Gasteiger partial charge in [0.1, 0.15) is 12.2 Å². The number of carbonyl (C=O) groups is 3. The number of urea groups is 1. The van der Waals surface area contributed by atoms with Crippen LogP contribution in [-0.4, -0.2) is 39.0 Å². The van der Waals surface area contributed by atoms with E-state index >= 15 is 0 Å². The molecule has 2 heterocycles. The van der Waals surface area contributed by atoms with Gasteiger partial charge in [-0.05, 0) is 34.5 Å². The number of benzene rings is 3. The molecule has 7 nitrogen and oxygen atoms in total. The number of carboxylic acid groups (broad SMARTS) is 1. The number of carbonyl (C=O) groups excluding carboxylic acids is 2. The van der Waals surface area contributed by atoms with Crippen molar-refractivity contribution in [3.63, 3.8) is 0 Å². The number of hydrogen-bond acceptors (Lipinski definition) is 3. The average molecular weight is 425 g/mol. The van der Waals surface area contributed by atoms with Crippen LogP contribution in [0.5, 0.6) is 0 Å². The van der Waals surface area contributed by atoms with Gasteiger partial charge in [0.15, 0.2) is 0 Å². The topological polar surface area (TPSA) is 91.6 Å². The maximum absolute atomic E-state index is 12.5. The van der Waals surface area contributed by atoms with Gasteiger partial charge in [-0.1, -0.05) is 54.6 Å². The quantitative estimate of drug-likeness (QED) is 0.376. The summed E-state index contributed by atoms with van der Waals surface area (Å²) in [5, 5.41) is 14.7. The Hall–Kier alpha value is -4.39. The number of imide groups is 1. The van der Waals surface area contributed by atoms with Crippen LogP contribution in [0.15, 0.2) is 78.6 Å². The minimum Gasteiger partial charge on any atom is -0.480 e. The monoisotopic (exact) mass is 425 g/mol. The van der Waals surface area contributed by atoms with Crippen LogP contribution in [0.1, 0.15) is 11.1 Å². The van der Waals surface area contributed by atoms with Crippen LogP contribution >= 0.6 is 0 Å². The van der Waals surface area contributed by atoms with Crippen LogP contribution in [0.2, 0.25) is 0 Å².